The maximum Gasteiger partial charge on any atom is 0.257 e. The predicted octanol–water partition coefficient (Wildman–Crippen LogP) is 3.63. The lowest BCUT2D eigenvalue weighted by molar-refractivity contribution is 0.0607. The van der Waals surface area contributed by atoms with Gasteiger partial charge in [0.15, 0.2) is 0 Å². The second kappa shape index (κ2) is 7.96. The van der Waals surface area contributed by atoms with Crippen molar-refractivity contribution in [1.29, 1.82) is 0 Å². The Bertz CT molecular complexity index is 718. The summed E-state index contributed by atoms with van der Waals surface area (Å²) in [7, 11) is 1.63. The number of carbonyl (C=O) groups is 1. The lowest BCUT2D eigenvalue weighted by Crippen LogP contribution is -2.43. The van der Waals surface area contributed by atoms with Crippen LogP contribution in [0.15, 0.2) is 36.7 Å². The molecule has 1 N–H and O–H groups in total. The smallest absolute Gasteiger partial charge is 0.257 e. The van der Waals surface area contributed by atoms with E-state index >= 15 is 0 Å². The molecule has 6 nitrogen and oxygen atoms in total. The lowest BCUT2D eigenvalue weighted by atomic mass is 9.99. The van der Waals surface area contributed by atoms with Gasteiger partial charge < -0.3 is 15.0 Å². The quantitative estimate of drug-likeness (QED) is 0.900. The summed E-state index contributed by atoms with van der Waals surface area (Å²) in [6, 6.07) is 7.86. The van der Waals surface area contributed by atoms with Crippen LogP contribution in [0.4, 0.5) is 11.6 Å². The van der Waals surface area contributed by atoms with Crippen molar-refractivity contribution in [2.45, 2.75) is 38.6 Å². The number of piperidine rings is 1. The number of benzene rings is 1. The zero-order valence-corrected chi connectivity index (χ0v) is 14.7. The maximum atomic E-state index is 12.7. The van der Waals surface area contributed by atoms with E-state index in [1.165, 1.54) is 6.42 Å². The monoisotopic (exact) mass is 340 g/mol. The van der Waals surface area contributed by atoms with Gasteiger partial charge in [0, 0.05) is 36.7 Å². The highest BCUT2D eigenvalue weighted by Crippen LogP contribution is 2.22. The van der Waals surface area contributed by atoms with Gasteiger partial charge in [-0.25, -0.2) is 9.97 Å². The molecule has 1 aromatic carbocycles. The fourth-order valence-corrected chi connectivity index (χ4v) is 3.19. The average Bonchev–Trinajstić information content (AvgIpc) is 2.68. The van der Waals surface area contributed by atoms with E-state index in [9.17, 15) is 4.79 Å². The first-order chi connectivity index (χ1) is 12.2. The second-order valence-corrected chi connectivity index (χ2v) is 6.21. The molecule has 0 aliphatic carbocycles. The van der Waals surface area contributed by atoms with E-state index in [-0.39, 0.29) is 5.91 Å². The number of nitrogens with one attached hydrogen (secondary N) is 1. The molecule has 2 heterocycles. The summed E-state index contributed by atoms with van der Waals surface area (Å²) in [5, 5.41) is 3.12. The van der Waals surface area contributed by atoms with Gasteiger partial charge in [0.1, 0.15) is 5.75 Å². The minimum absolute atomic E-state index is 0.0273. The van der Waals surface area contributed by atoms with Gasteiger partial charge in [0.2, 0.25) is 5.95 Å². The van der Waals surface area contributed by atoms with Gasteiger partial charge in [0.25, 0.3) is 5.91 Å². The lowest BCUT2D eigenvalue weighted by Gasteiger charge is -2.35. The summed E-state index contributed by atoms with van der Waals surface area (Å²) in [5.74, 6) is 1.24. The Morgan fingerprint density at radius 1 is 1.32 bits per heavy atom. The Labute approximate surface area is 148 Å². The van der Waals surface area contributed by atoms with Crippen LogP contribution in [0, 0.1) is 0 Å². The molecule has 0 radical (unpaired) electrons. The van der Waals surface area contributed by atoms with Crippen molar-refractivity contribution < 1.29 is 9.53 Å². The number of nitrogens with zero attached hydrogens (tertiary/aromatic N) is 3. The highest BCUT2D eigenvalue weighted by Gasteiger charge is 2.26. The SMILES string of the molecule is CCC1CCCCN1C(=O)c1cnc(Nc2cccc(OC)c2)nc1. The van der Waals surface area contributed by atoms with E-state index in [0.717, 1.165) is 37.2 Å². The van der Waals surface area contributed by atoms with Crippen LogP contribution in [0.1, 0.15) is 43.0 Å². The van der Waals surface area contributed by atoms with Crippen molar-refractivity contribution in [3.63, 3.8) is 0 Å². The highest BCUT2D eigenvalue weighted by atomic mass is 16.5. The van der Waals surface area contributed by atoms with Gasteiger partial charge >= 0.3 is 0 Å². The summed E-state index contributed by atoms with van der Waals surface area (Å²) in [4.78, 5) is 23.3. The van der Waals surface area contributed by atoms with Crippen LogP contribution in [0.2, 0.25) is 0 Å². The van der Waals surface area contributed by atoms with Gasteiger partial charge in [-0.3, -0.25) is 4.79 Å². The van der Waals surface area contributed by atoms with Crippen molar-refractivity contribution in [3.8, 4) is 5.75 Å². The summed E-state index contributed by atoms with van der Waals surface area (Å²) >= 11 is 0. The minimum atomic E-state index is 0.0273. The molecule has 0 saturated carbocycles. The van der Waals surface area contributed by atoms with Crippen LogP contribution in [0.3, 0.4) is 0 Å². The van der Waals surface area contributed by atoms with E-state index in [4.69, 9.17) is 4.74 Å². The van der Waals surface area contributed by atoms with E-state index < -0.39 is 0 Å². The van der Waals surface area contributed by atoms with E-state index in [1.54, 1.807) is 19.5 Å². The fraction of sp³-hybridized carbons (Fsp3) is 0.421. The zero-order chi connectivity index (χ0) is 17.6. The summed E-state index contributed by atoms with van der Waals surface area (Å²) in [6.07, 6.45) is 7.53. The van der Waals surface area contributed by atoms with Crippen LogP contribution in [-0.4, -0.2) is 40.5 Å². The first kappa shape index (κ1) is 17.2. The normalized spacial score (nSPS) is 17.2. The molecule has 1 atom stereocenters. The highest BCUT2D eigenvalue weighted by molar-refractivity contribution is 5.94. The van der Waals surface area contributed by atoms with Gasteiger partial charge in [-0.05, 0) is 37.8 Å². The Hall–Kier alpha value is -2.63. The number of methoxy groups -OCH3 is 1. The standard InChI is InChI=1S/C19H24N4O2/c1-3-16-8-4-5-10-23(16)18(24)14-12-20-19(21-13-14)22-15-7-6-9-17(11-15)25-2/h6-7,9,11-13,16H,3-5,8,10H2,1-2H3,(H,20,21,22). The number of likely N-dealkylation sites (tertiary alicyclic amines) is 1. The average molecular weight is 340 g/mol. The third kappa shape index (κ3) is 4.07. The third-order valence-corrected chi connectivity index (χ3v) is 4.58. The molecule has 132 valence electrons. The van der Waals surface area contributed by atoms with Crippen molar-refractivity contribution in [2.24, 2.45) is 0 Å². The number of rotatable bonds is 5. The van der Waals surface area contributed by atoms with Gasteiger partial charge in [0.05, 0.1) is 12.7 Å². The molecule has 1 unspecified atom stereocenters. The van der Waals surface area contributed by atoms with Gasteiger partial charge in [-0.1, -0.05) is 13.0 Å². The molecule has 1 aliphatic rings. The molecular formula is C19H24N4O2. The summed E-state index contributed by atoms with van der Waals surface area (Å²) in [6.45, 7) is 2.95. The molecule has 2 aromatic rings. The number of carbonyl (C=O) groups excluding carboxylic acids is 1. The number of aromatic nitrogens is 2. The fourth-order valence-electron chi connectivity index (χ4n) is 3.19. The van der Waals surface area contributed by atoms with Crippen molar-refractivity contribution in [2.75, 3.05) is 19.0 Å². The Morgan fingerprint density at radius 3 is 2.84 bits per heavy atom. The van der Waals surface area contributed by atoms with E-state index in [1.807, 2.05) is 29.2 Å². The van der Waals surface area contributed by atoms with Crippen molar-refractivity contribution in [1.82, 2.24) is 14.9 Å². The molecule has 3 rings (SSSR count). The Kier molecular flexibility index (Phi) is 5.48. The zero-order valence-electron chi connectivity index (χ0n) is 14.7. The number of anilines is 2. The Balaban J connectivity index is 1.70. The molecule has 0 spiro atoms. The van der Waals surface area contributed by atoms with Gasteiger partial charge in [-0.15, -0.1) is 0 Å². The third-order valence-electron chi connectivity index (χ3n) is 4.58. The number of hydrogen-bond donors (Lipinski definition) is 1. The van der Waals surface area contributed by atoms with E-state index in [2.05, 4.69) is 22.2 Å². The van der Waals surface area contributed by atoms with Crippen molar-refractivity contribution in [3.05, 3.63) is 42.2 Å². The molecular weight excluding hydrogens is 316 g/mol. The molecule has 0 bridgehead atoms. The minimum Gasteiger partial charge on any atom is -0.497 e. The molecule has 1 fully saturated rings. The molecule has 1 amide bonds. The van der Waals surface area contributed by atoms with Crippen LogP contribution >= 0.6 is 0 Å². The van der Waals surface area contributed by atoms with Crippen LogP contribution in [-0.2, 0) is 0 Å². The van der Waals surface area contributed by atoms with Gasteiger partial charge in [-0.2, -0.15) is 0 Å². The first-order valence-corrected chi connectivity index (χ1v) is 8.75. The predicted molar refractivity (Wildman–Crippen MR) is 97.3 cm³/mol. The topological polar surface area (TPSA) is 67.4 Å². The van der Waals surface area contributed by atoms with Crippen LogP contribution < -0.4 is 10.1 Å². The van der Waals surface area contributed by atoms with Crippen LogP contribution in [0.5, 0.6) is 5.75 Å². The van der Waals surface area contributed by atoms with E-state index in [0.29, 0.717) is 17.6 Å². The largest absolute Gasteiger partial charge is 0.497 e. The molecule has 25 heavy (non-hydrogen) atoms. The summed E-state index contributed by atoms with van der Waals surface area (Å²) in [5.41, 5.74) is 1.37. The summed E-state index contributed by atoms with van der Waals surface area (Å²) < 4.78 is 5.20. The number of amides is 1. The number of ether oxygens (including phenoxy) is 1. The maximum absolute atomic E-state index is 12.7. The molecule has 1 saturated heterocycles. The molecule has 1 aliphatic heterocycles. The second-order valence-electron chi connectivity index (χ2n) is 6.21. The first-order valence-electron chi connectivity index (χ1n) is 8.75. The Morgan fingerprint density at radius 2 is 2.12 bits per heavy atom. The number of hydrogen-bond acceptors (Lipinski definition) is 5. The molecule has 6 heteroatoms. The molecule has 1 aromatic heterocycles. The van der Waals surface area contributed by atoms with Crippen molar-refractivity contribution >= 4 is 17.5 Å². The van der Waals surface area contributed by atoms with Crippen LogP contribution in [0.25, 0.3) is 0 Å².